The predicted molar refractivity (Wildman–Crippen MR) is 88.8 cm³/mol. The molecule has 0 saturated heterocycles. The van der Waals surface area contributed by atoms with E-state index < -0.39 is 11.9 Å². The van der Waals surface area contributed by atoms with Gasteiger partial charge < -0.3 is 19.7 Å². The number of carboxylic acids is 2. The Kier molecular flexibility index (Phi) is 5.21. The number of hydrogen-bond donors (Lipinski definition) is 2. The molecule has 2 rings (SSSR count). The molecule has 0 radical (unpaired) electrons. The number of carboxylic acid groups (broad SMARTS) is 2. The molecule has 0 aliphatic carbocycles. The first-order valence-corrected chi connectivity index (χ1v) is 6.97. The van der Waals surface area contributed by atoms with Crippen molar-refractivity contribution in [2.75, 3.05) is 14.2 Å². The Morgan fingerprint density at radius 2 is 1.58 bits per heavy atom. The highest BCUT2D eigenvalue weighted by Crippen LogP contribution is 2.26. The summed E-state index contributed by atoms with van der Waals surface area (Å²) in [6.07, 6.45) is 3.43. The van der Waals surface area contributed by atoms with E-state index in [1.807, 2.05) is 0 Å². The summed E-state index contributed by atoms with van der Waals surface area (Å²) >= 11 is 0. The third kappa shape index (κ3) is 3.73. The molecule has 0 saturated carbocycles. The maximum atomic E-state index is 11.2. The number of hydrogen-bond acceptors (Lipinski definition) is 4. The minimum absolute atomic E-state index is 0.248. The standard InChI is InChI=1S/C18H16O6/c1-23-13-7-6-12(16(10-13)24-2)5-3-11-4-8-14(17(19)20)15(9-11)18(21)22/h3-10H,1-2H3,(H,19,20)(H,21,22)/b5-3+. The Bertz CT molecular complexity index is 807. The molecule has 2 aromatic carbocycles. The summed E-state index contributed by atoms with van der Waals surface area (Å²) in [5.41, 5.74) is 0.834. The van der Waals surface area contributed by atoms with Crippen molar-refractivity contribution < 1.29 is 29.3 Å². The highest BCUT2D eigenvalue weighted by Gasteiger charge is 2.15. The van der Waals surface area contributed by atoms with Gasteiger partial charge in [-0.2, -0.15) is 0 Å². The smallest absolute Gasteiger partial charge is 0.336 e. The van der Waals surface area contributed by atoms with Crippen molar-refractivity contribution >= 4 is 24.1 Å². The maximum Gasteiger partial charge on any atom is 0.336 e. The van der Waals surface area contributed by atoms with Crippen molar-refractivity contribution in [3.63, 3.8) is 0 Å². The summed E-state index contributed by atoms with van der Waals surface area (Å²) < 4.78 is 10.4. The molecule has 0 atom stereocenters. The monoisotopic (exact) mass is 328 g/mol. The molecule has 0 spiro atoms. The molecule has 0 aliphatic heterocycles. The quantitative estimate of drug-likeness (QED) is 0.791. The van der Waals surface area contributed by atoms with Crippen LogP contribution in [0.15, 0.2) is 36.4 Å². The van der Waals surface area contributed by atoms with Gasteiger partial charge in [-0.3, -0.25) is 0 Å². The van der Waals surface area contributed by atoms with Crippen LogP contribution in [-0.4, -0.2) is 36.4 Å². The van der Waals surface area contributed by atoms with Crippen molar-refractivity contribution in [3.8, 4) is 11.5 Å². The van der Waals surface area contributed by atoms with E-state index in [1.54, 1.807) is 43.5 Å². The molecule has 0 aromatic heterocycles. The average molecular weight is 328 g/mol. The van der Waals surface area contributed by atoms with Crippen LogP contribution in [0.2, 0.25) is 0 Å². The fourth-order valence-electron chi connectivity index (χ4n) is 2.17. The zero-order valence-corrected chi connectivity index (χ0v) is 13.1. The zero-order valence-electron chi connectivity index (χ0n) is 13.1. The van der Waals surface area contributed by atoms with Crippen molar-refractivity contribution in [2.24, 2.45) is 0 Å². The van der Waals surface area contributed by atoms with Gasteiger partial charge in [0, 0.05) is 11.6 Å². The summed E-state index contributed by atoms with van der Waals surface area (Å²) in [5.74, 6) is -1.31. The maximum absolute atomic E-state index is 11.2. The number of aromatic carboxylic acids is 2. The van der Waals surface area contributed by atoms with Crippen LogP contribution in [0.25, 0.3) is 12.2 Å². The molecule has 0 heterocycles. The predicted octanol–water partition coefficient (Wildman–Crippen LogP) is 3.27. The molecule has 6 nitrogen and oxygen atoms in total. The van der Waals surface area contributed by atoms with Gasteiger partial charge in [0.2, 0.25) is 0 Å². The van der Waals surface area contributed by atoms with Crippen LogP contribution >= 0.6 is 0 Å². The summed E-state index contributed by atoms with van der Waals surface area (Å²) in [5, 5.41) is 18.2. The fourth-order valence-corrected chi connectivity index (χ4v) is 2.17. The third-order valence-electron chi connectivity index (χ3n) is 3.40. The summed E-state index contributed by atoms with van der Waals surface area (Å²) in [6, 6.07) is 9.45. The van der Waals surface area contributed by atoms with E-state index in [4.69, 9.17) is 19.7 Å². The Balaban J connectivity index is 2.37. The lowest BCUT2D eigenvalue weighted by Gasteiger charge is -2.07. The summed E-state index contributed by atoms with van der Waals surface area (Å²) in [4.78, 5) is 22.3. The van der Waals surface area contributed by atoms with Crippen molar-refractivity contribution in [1.82, 2.24) is 0 Å². The second-order valence-corrected chi connectivity index (χ2v) is 4.86. The van der Waals surface area contributed by atoms with E-state index >= 15 is 0 Å². The van der Waals surface area contributed by atoms with Crippen LogP contribution in [0.1, 0.15) is 31.8 Å². The summed E-state index contributed by atoms with van der Waals surface area (Å²) in [6.45, 7) is 0. The first kappa shape index (κ1) is 17.1. The van der Waals surface area contributed by atoms with Gasteiger partial charge in [-0.15, -0.1) is 0 Å². The fraction of sp³-hybridized carbons (Fsp3) is 0.111. The van der Waals surface area contributed by atoms with Crippen molar-refractivity contribution in [3.05, 3.63) is 58.7 Å². The largest absolute Gasteiger partial charge is 0.497 e. The molecular weight excluding hydrogens is 312 g/mol. The van der Waals surface area contributed by atoms with Crippen molar-refractivity contribution in [1.29, 1.82) is 0 Å². The minimum Gasteiger partial charge on any atom is -0.497 e. The van der Waals surface area contributed by atoms with E-state index in [9.17, 15) is 9.59 Å². The molecule has 2 aromatic rings. The number of methoxy groups -OCH3 is 2. The Morgan fingerprint density at radius 3 is 2.17 bits per heavy atom. The van der Waals surface area contributed by atoms with Gasteiger partial charge in [-0.1, -0.05) is 18.2 Å². The van der Waals surface area contributed by atoms with Gasteiger partial charge in [0.15, 0.2) is 0 Å². The van der Waals surface area contributed by atoms with Crippen LogP contribution in [-0.2, 0) is 0 Å². The second-order valence-electron chi connectivity index (χ2n) is 4.86. The number of ether oxygens (including phenoxy) is 2. The van der Waals surface area contributed by atoms with Crippen LogP contribution < -0.4 is 9.47 Å². The summed E-state index contributed by atoms with van der Waals surface area (Å²) in [7, 11) is 3.10. The van der Waals surface area contributed by atoms with Crippen LogP contribution in [0.5, 0.6) is 11.5 Å². The lowest BCUT2D eigenvalue weighted by molar-refractivity contribution is 0.0651. The molecule has 0 bridgehead atoms. The van der Waals surface area contributed by atoms with Gasteiger partial charge in [0.25, 0.3) is 0 Å². The molecule has 0 unspecified atom stereocenters. The topological polar surface area (TPSA) is 93.1 Å². The van der Waals surface area contributed by atoms with Crippen LogP contribution in [0.3, 0.4) is 0 Å². The number of carbonyl (C=O) groups is 2. The Labute approximate surface area is 138 Å². The highest BCUT2D eigenvalue weighted by molar-refractivity contribution is 6.02. The third-order valence-corrected chi connectivity index (χ3v) is 3.40. The first-order chi connectivity index (χ1) is 11.5. The minimum atomic E-state index is -1.29. The molecular formula is C18H16O6. The van der Waals surface area contributed by atoms with E-state index in [2.05, 4.69) is 0 Å². The van der Waals surface area contributed by atoms with Gasteiger partial charge in [-0.05, 0) is 29.8 Å². The van der Waals surface area contributed by atoms with E-state index in [0.29, 0.717) is 17.1 Å². The molecule has 124 valence electrons. The number of rotatable bonds is 6. The van der Waals surface area contributed by atoms with Gasteiger partial charge in [0.1, 0.15) is 11.5 Å². The van der Waals surface area contributed by atoms with Gasteiger partial charge in [0.05, 0.1) is 25.3 Å². The van der Waals surface area contributed by atoms with E-state index in [-0.39, 0.29) is 11.1 Å². The lowest BCUT2D eigenvalue weighted by atomic mass is 10.0. The van der Waals surface area contributed by atoms with Crippen LogP contribution in [0, 0.1) is 0 Å². The van der Waals surface area contributed by atoms with E-state index in [0.717, 1.165) is 5.56 Å². The van der Waals surface area contributed by atoms with Gasteiger partial charge >= 0.3 is 11.9 Å². The van der Waals surface area contributed by atoms with Gasteiger partial charge in [-0.25, -0.2) is 9.59 Å². The second kappa shape index (κ2) is 7.32. The molecule has 0 amide bonds. The molecule has 0 fully saturated rings. The molecule has 24 heavy (non-hydrogen) atoms. The SMILES string of the molecule is COc1ccc(/C=C/c2ccc(C(=O)O)c(C(=O)O)c2)c(OC)c1. The Hall–Kier alpha value is -3.28. The highest BCUT2D eigenvalue weighted by atomic mass is 16.5. The average Bonchev–Trinajstić information content (AvgIpc) is 2.59. The lowest BCUT2D eigenvalue weighted by Crippen LogP contribution is -2.07. The first-order valence-electron chi connectivity index (χ1n) is 6.97. The Morgan fingerprint density at radius 1 is 0.875 bits per heavy atom. The normalized spacial score (nSPS) is 10.6. The van der Waals surface area contributed by atoms with Crippen molar-refractivity contribution in [2.45, 2.75) is 0 Å². The van der Waals surface area contributed by atoms with E-state index in [1.165, 1.54) is 19.2 Å². The number of benzene rings is 2. The zero-order chi connectivity index (χ0) is 17.7. The molecule has 2 N–H and O–H groups in total. The van der Waals surface area contributed by atoms with Crippen LogP contribution in [0.4, 0.5) is 0 Å². The molecule has 0 aliphatic rings. The molecule has 6 heteroatoms.